The fraction of sp³-hybridized carbons (Fsp3) is 0.182. The molecular weight excluding hydrogens is 472 g/mol. The molecule has 0 saturated carbocycles. The number of anilines is 1. The third kappa shape index (κ3) is 5.12. The Kier molecular flexibility index (Phi) is 6.50. The van der Waals surface area contributed by atoms with Gasteiger partial charge in [0.15, 0.2) is 20.7 Å². The molecule has 0 bridgehead atoms. The summed E-state index contributed by atoms with van der Waals surface area (Å²) in [7, 11) is -1.87. The van der Waals surface area contributed by atoms with Gasteiger partial charge in [0.2, 0.25) is 5.91 Å². The minimum absolute atomic E-state index is 0.0617. The van der Waals surface area contributed by atoms with Gasteiger partial charge in [-0.05, 0) is 55.0 Å². The number of nitrogens with zero attached hydrogens (tertiary/aromatic N) is 1. The van der Waals surface area contributed by atoms with E-state index in [1.54, 1.807) is 12.5 Å². The van der Waals surface area contributed by atoms with Crippen molar-refractivity contribution in [1.29, 1.82) is 0 Å². The smallest absolute Gasteiger partial charge is 0.226 e. The topological polar surface area (TPSA) is 98.5 Å². The maximum Gasteiger partial charge on any atom is 0.226 e. The molecule has 0 aliphatic carbocycles. The zero-order valence-corrected chi connectivity index (χ0v) is 19.4. The number of hydrogen-bond donors (Lipinski definition) is 1. The molecule has 2 aromatic heterocycles. The van der Waals surface area contributed by atoms with E-state index in [9.17, 15) is 13.2 Å². The Morgan fingerprint density at radius 3 is 2.72 bits per heavy atom. The van der Waals surface area contributed by atoms with Gasteiger partial charge in [0.1, 0.15) is 17.0 Å². The zero-order valence-electron chi connectivity index (χ0n) is 17.0. The number of carbonyl (C=O) groups excluding carboxylic acids is 1. The Balaban J connectivity index is 1.34. The van der Waals surface area contributed by atoms with E-state index in [4.69, 9.17) is 20.8 Å². The van der Waals surface area contributed by atoms with Crippen molar-refractivity contribution < 1.29 is 22.4 Å². The number of rotatable bonds is 8. The largest absolute Gasteiger partial charge is 0.497 e. The van der Waals surface area contributed by atoms with Gasteiger partial charge < -0.3 is 14.5 Å². The summed E-state index contributed by atoms with van der Waals surface area (Å²) in [5, 5.41) is 6.27. The van der Waals surface area contributed by atoms with Crippen LogP contribution in [0.1, 0.15) is 12.8 Å². The summed E-state index contributed by atoms with van der Waals surface area (Å²) in [6.45, 7) is 0. The van der Waals surface area contributed by atoms with E-state index in [1.807, 2.05) is 24.3 Å². The van der Waals surface area contributed by atoms with Crippen LogP contribution in [-0.2, 0) is 14.6 Å². The van der Waals surface area contributed by atoms with Gasteiger partial charge >= 0.3 is 0 Å². The Bertz CT molecular complexity index is 1360. The van der Waals surface area contributed by atoms with Crippen LogP contribution >= 0.6 is 22.9 Å². The number of ether oxygens (including phenoxy) is 1. The Hall–Kier alpha value is -2.88. The van der Waals surface area contributed by atoms with Crippen molar-refractivity contribution in [2.45, 2.75) is 17.7 Å². The Morgan fingerprint density at radius 2 is 1.97 bits per heavy atom. The number of aromatic nitrogens is 1. The van der Waals surface area contributed by atoms with Crippen molar-refractivity contribution in [3.8, 4) is 17.2 Å². The minimum Gasteiger partial charge on any atom is -0.497 e. The lowest BCUT2D eigenvalue weighted by Gasteiger charge is -2.05. The summed E-state index contributed by atoms with van der Waals surface area (Å²) in [5.41, 5.74) is 1.31. The first-order valence-electron chi connectivity index (χ1n) is 9.66. The molecular formula is C22H19ClN2O5S2. The number of methoxy groups -OCH3 is 1. The van der Waals surface area contributed by atoms with Gasteiger partial charge in [-0.15, -0.1) is 11.3 Å². The quantitative estimate of drug-likeness (QED) is 0.354. The van der Waals surface area contributed by atoms with Crippen molar-refractivity contribution in [2.75, 3.05) is 18.2 Å². The number of thiazole rings is 1. The second-order valence-electron chi connectivity index (χ2n) is 6.98. The number of sulfone groups is 1. The molecule has 0 saturated heterocycles. The summed E-state index contributed by atoms with van der Waals surface area (Å²) in [6, 6.07) is 13.3. The van der Waals surface area contributed by atoms with E-state index >= 15 is 0 Å². The van der Waals surface area contributed by atoms with Gasteiger partial charge in [0.25, 0.3) is 0 Å². The Labute approximate surface area is 193 Å². The molecule has 0 aliphatic heterocycles. The number of carbonyl (C=O) groups is 1. The molecule has 1 amide bonds. The zero-order chi connectivity index (χ0) is 22.7. The molecule has 0 unspecified atom stereocenters. The number of amides is 1. The molecule has 2 heterocycles. The molecule has 0 fully saturated rings. The molecule has 4 aromatic rings. The highest BCUT2D eigenvalue weighted by molar-refractivity contribution is 7.91. The number of halogens is 1. The number of nitrogens with one attached hydrogen (secondary N) is 1. The molecule has 4 rings (SSSR count). The van der Waals surface area contributed by atoms with Crippen molar-refractivity contribution >= 4 is 54.8 Å². The lowest BCUT2D eigenvalue weighted by atomic mass is 10.2. The highest BCUT2D eigenvalue weighted by Gasteiger charge is 2.16. The highest BCUT2D eigenvalue weighted by Crippen LogP contribution is 2.32. The first-order valence-corrected chi connectivity index (χ1v) is 12.6. The number of benzene rings is 2. The summed E-state index contributed by atoms with van der Waals surface area (Å²) >= 11 is 7.06. The third-order valence-electron chi connectivity index (χ3n) is 4.72. The summed E-state index contributed by atoms with van der Waals surface area (Å²) in [4.78, 5) is 16.8. The maximum atomic E-state index is 12.4. The lowest BCUT2D eigenvalue weighted by molar-refractivity contribution is -0.116. The molecule has 32 heavy (non-hydrogen) atoms. The number of fused-ring (bicyclic) bond motifs is 1. The van der Waals surface area contributed by atoms with E-state index in [0.717, 1.165) is 11.1 Å². The first-order chi connectivity index (χ1) is 15.3. The van der Waals surface area contributed by atoms with Crippen molar-refractivity contribution in [1.82, 2.24) is 4.98 Å². The monoisotopic (exact) mass is 490 g/mol. The van der Waals surface area contributed by atoms with Gasteiger partial charge in [-0.1, -0.05) is 11.6 Å². The van der Waals surface area contributed by atoms with E-state index in [0.29, 0.717) is 27.2 Å². The van der Waals surface area contributed by atoms with Crippen LogP contribution in [0.15, 0.2) is 63.2 Å². The summed E-state index contributed by atoms with van der Waals surface area (Å²) < 4.78 is 35.8. The van der Waals surface area contributed by atoms with E-state index in [-0.39, 0.29) is 29.4 Å². The maximum absolute atomic E-state index is 12.4. The van der Waals surface area contributed by atoms with Crippen LogP contribution in [0.25, 0.3) is 22.4 Å². The third-order valence-corrected chi connectivity index (χ3v) is 7.54. The van der Waals surface area contributed by atoms with E-state index in [1.165, 1.54) is 35.6 Å². The van der Waals surface area contributed by atoms with Crippen molar-refractivity contribution in [2.24, 2.45) is 0 Å². The van der Waals surface area contributed by atoms with Crippen LogP contribution in [0.2, 0.25) is 5.02 Å². The fourth-order valence-electron chi connectivity index (χ4n) is 3.08. The van der Waals surface area contributed by atoms with Crippen molar-refractivity contribution in [3.05, 3.63) is 58.9 Å². The number of furan rings is 1. The van der Waals surface area contributed by atoms with Gasteiger partial charge in [-0.25, -0.2) is 13.4 Å². The van der Waals surface area contributed by atoms with E-state index < -0.39 is 9.84 Å². The van der Waals surface area contributed by atoms with Gasteiger partial charge in [-0.3, -0.25) is 4.79 Å². The average Bonchev–Trinajstić information content (AvgIpc) is 3.40. The second kappa shape index (κ2) is 9.32. The molecule has 0 atom stereocenters. The van der Waals surface area contributed by atoms with Crippen LogP contribution in [-0.4, -0.2) is 32.2 Å². The summed E-state index contributed by atoms with van der Waals surface area (Å²) in [6.07, 6.45) is 0.257. The van der Waals surface area contributed by atoms with Gasteiger partial charge in [-0.2, -0.15) is 0 Å². The second-order valence-corrected chi connectivity index (χ2v) is 10.4. The van der Waals surface area contributed by atoms with Crippen LogP contribution < -0.4 is 10.1 Å². The molecule has 10 heteroatoms. The summed E-state index contributed by atoms with van der Waals surface area (Å²) in [5.74, 6) is 0.882. The van der Waals surface area contributed by atoms with Crippen molar-refractivity contribution in [3.63, 3.8) is 0 Å². The fourth-order valence-corrected chi connectivity index (χ4v) is 5.24. The predicted molar refractivity (Wildman–Crippen MR) is 125 cm³/mol. The van der Waals surface area contributed by atoms with Crippen LogP contribution in [0.5, 0.6) is 5.75 Å². The predicted octanol–water partition coefficient (Wildman–Crippen LogP) is 5.41. The molecule has 1 N–H and O–H groups in total. The average molecular weight is 491 g/mol. The molecule has 7 nitrogen and oxygen atoms in total. The standard InChI is InChI=1S/C22H19ClN2O5S2/c1-29-16-6-9-19-14(11-16)12-20(30-19)18-13-31-22(24-18)25-21(26)3-2-10-32(27,28)17-7-4-15(23)5-8-17/h4-9,11-13H,2-3,10H2,1H3,(H,24,25,26). The minimum atomic E-state index is -3.47. The highest BCUT2D eigenvalue weighted by atomic mass is 35.5. The van der Waals surface area contributed by atoms with Gasteiger partial charge in [0.05, 0.1) is 17.8 Å². The molecule has 2 aromatic carbocycles. The molecule has 0 spiro atoms. The van der Waals surface area contributed by atoms with Crippen LogP contribution in [0, 0.1) is 0 Å². The van der Waals surface area contributed by atoms with Crippen LogP contribution in [0.4, 0.5) is 5.13 Å². The SMILES string of the molecule is COc1ccc2oc(-c3csc(NC(=O)CCCS(=O)(=O)c4ccc(Cl)cc4)n3)cc2c1. The lowest BCUT2D eigenvalue weighted by Crippen LogP contribution is -2.14. The van der Waals surface area contributed by atoms with Gasteiger partial charge in [0, 0.05) is 22.2 Å². The normalized spacial score (nSPS) is 11.6. The number of hydrogen-bond acceptors (Lipinski definition) is 7. The Morgan fingerprint density at radius 1 is 1.19 bits per heavy atom. The molecule has 0 aliphatic rings. The van der Waals surface area contributed by atoms with Crippen LogP contribution in [0.3, 0.4) is 0 Å². The molecule has 166 valence electrons. The van der Waals surface area contributed by atoms with E-state index in [2.05, 4.69) is 10.3 Å². The molecule has 0 radical (unpaired) electrons. The first kappa shape index (κ1) is 22.3.